The molecule has 0 saturated heterocycles. The number of benzene rings is 1. The number of hydrogen-bond donors (Lipinski definition) is 0. The summed E-state index contributed by atoms with van der Waals surface area (Å²) >= 11 is 6.23. The molecule has 1 aromatic rings. The fraction of sp³-hybridized carbons (Fsp3) is 0.500. The summed E-state index contributed by atoms with van der Waals surface area (Å²) in [5, 5.41) is 0.716. The van der Waals surface area contributed by atoms with Crippen LogP contribution in [0.4, 0.5) is 0 Å². The summed E-state index contributed by atoms with van der Waals surface area (Å²) in [4.78, 5) is 0. The van der Waals surface area contributed by atoms with Crippen molar-refractivity contribution < 1.29 is 14.2 Å². The van der Waals surface area contributed by atoms with E-state index in [1.165, 1.54) is 12.8 Å². The molecule has 0 amide bonds. The van der Waals surface area contributed by atoms with E-state index in [0.717, 1.165) is 11.3 Å². The first-order valence-corrected chi connectivity index (χ1v) is 5.63. The van der Waals surface area contributed by atoms with E-state index in [0.29, 0.717) is 16.7 Å². The average Bonchev–Trinajstić information content (AvgIpc) is 3.09. The van der Waals surface area contributed by atoms with Gasteiger partial charge in [0, 0.05) is 18.7 Å². The zero-order valence-electron chi connectivity index (χ0n) is 9.46. The van der Waals surface area contributed by atoms with Gasteiger partial charge in [0.2, 0.25) is 0 Å². The lowest BCUT2D eigenvalue weighted by Crippen LogP contribution is -2.02. The van der Waals surface area contributed by atoms with E-state index in [4.69, 9.17) is 25.8 Å². The molecule has 1 saturated carbocycles. The molecule has 0 radical (unpaired) electrons. The van der Waals surface area contributed by atoms with Crippen molar-refractivity contribution in [2.75, 3.05) is 21.0 Å². The Morgan fingerprint density at radius 3 is 2.62 bits per heavy atom. The molecule has 0 aromatic heterocycles. The SMILES string of the molecule is COCOc1cc(OC)cc(Cl)c1C1CC1. The molecule has 0 heterocycles. The van der Waals surface area contributed by atoms with Crippen LogP contribution in [0.15, 0.2) is 12.1 Å². The second-order valence-electron chi connectivity index (χ2n) is 3.85. The van der Waals surface area contributed by atoms with Gasteiger partial charge in [0.15, 0.2) is 6.79 Å². The standard InChI is InChI=1S/C12H15ClO3/c1-14-7-16-11-6-9(15-2)5-10(13)12(11)8-3-4-8/h5-6,8H,3-4,7H2,1-2H3. The van der Waals surface area contributed by atoms with Crippen LogP contribution in [0, 0.1) is 0 Å². The van der Waals surface area contributed by atoms with E-state index in [9.17, 15) is 0 Å². The van der Waals surface area contributed by atoms with Gasteiger partial charge < -0.3 is 14.2 Å². The minimum atomic E-state index is 0.225. The third kappa shape index (κ3) is 2.42. The van der Waals surface area contributed by atoms with Crippen molar-refractivity contribution in [2.24, 2.45) is 0 Å². The summed E-state index contributed by atoms with van der Waals surface area (Å²) in [5.74, 6) is 2.01. The Labute approximate surface area is 100 Å². The Balaban J connectivity index is 2.32. The molecular formula is C12H15ClO3. The van der Waals surface area contributed by atoms with Gasteiger partial charge in [-0.1, -0.05) is 11.6 Å². The van der Waals surface area contributed by atoms with E-state index in [-0.39, 0.29) is 6.79 Å². The molecule has 0 N–H and O–H groups in total. The quantitative estimate of drug-likeness (QED) is 0.742. The van der Waals surface area contributed by atoms with Gasteiger partial charge in [-0.3, -0.25) is 0 Å². The predicted octanol–water partition coefficient (Wildman–Crippen LogP) is 3.21. The first-order chi connectivity index (χ1) is 7.76. The molecule has 1 aliphatic rings. The van der Waals surface area contributed by atoms with Gasteiger partial charge in [-0.2, -0.15) is 0 Å². The highest BCUT2D eigenvalue weighted by Gasteiger charge is 2.29. The molecule has 4 heteroatoms. The van der Waals surface area contributed by atoms with Crippen LogP contribution in [-0.4, -0.2) is 21.0 Å². The maximum Gasteiger partial charge on any atom is 0.188 e. The van der Waals surface area contributed by atoms with E-state index in [1.54, 1.807) is 14.2 Å². The van der Waals surface area contributed by atoms with Crippen LogP contribution in [0.25, 0.3) is 0 Å². The molecule has 16 heavy (non-hydrogen) atoms. The van der Waals surface area contributed by atoms with Crippen molar-refractivity contribution >= 4 is 11.6 Å². The van der Waals surface area contributed by atoms with E-state index < -0.39 is 0 Å². The number of rotatable bonds is 5. The summed E-state index contributed by atoms with van der Waals surface area (Å²) in [7, 11) is 3.21. The normalized spacial score (nSPS) is 14.9. The molecule has 1 fully saturated rings. The maximum atomic E-state index is 6.23. The molecule has 0 spiro atoms. The summed E-state index contributed by atoms with van der Waals surface area (Å²) in [6.45, 7) is 0.225. The molecule has 0 unspecified atom stereocenters. The third-order valence-electron chi connectivity index (χ3n) is 2.62. The van der Waals surface area contributed by atoms with Gasteiger partial charge in [-0.25, -0.2) is 0 Å². The smallest absolute Gasteiger partial charge is 0.188 e. The summed E-state index contributed by atoms with van der Waals surface area (Å²) in [6.07, 6.45) is 2.35. The molecule has 0 bridgehead atoms. The molecule has 0 atom stereocenters. The molecule has 1 aliphatic carbocycles. The number of hydrogen-bond acceptors (Lipinski definition) is 3. The molecular weight excluding hydrogens is 228 g/mol. The second-order valence-corrected chi connectivity index (χ2v) is 4.25. The van der Waals surface area contributed by atoms with Crippen molar-refractivity contribution in [3.63, 3.8) is 0 Å². The molecule has 0 aliphatic heterocycles. The minimum absolute atomic E-state index is 0.225. The van der Waals surface area contributed by atoms with Crippen LogP contribution in [0.2, 0.25) is 5.02 Å². The highest BCUT2D eigenvalue weighted by Crippen LogP contribution is 2.48. The van der Waals surface area contributed by atoms with Crippen LogP contribution in [0.5, 0.6) is 11.5 Å². The monoisotopic (exact) mass is 242 g/mol. The van der Waals surface area contributed by atoms with Gasteiger partial charge in [0.25, 0.3) is 0 Å². The van der Waals surface area contributed by atoms with Gasteiger partial charge in [0.05, 0.1) is 12.1 Å². The summed E-state index contributed by atoms with van der Waals surface area (Å²) in [5.41, 5.74) is 1.08. The van der Waals surface area contributed by atoms with E-state index in [2.05, 4.69) is 0 Å². The van der Waals surface area contributed by atoms with Crippen molar-refractivity contribution in [3.8, 4) is 11.5 Å². The second kappa shape index (κ2) is 4.93. The van der Waals surface area contributed by atoms with Crippen LogP contribution in [-0.2, 0) is 4.74 Å². The van der Waals surface area contributed by atoms with Crippen LogP contribution >= 0.6 is 11.6 Å². The molecule has 2 rings (SSSR count). The van der Waals surface area contributed by atoms with Gasteiger partial charge in [-0.05, 0) is 24.8 Å². The Bertz CT molecular complexity index is 375. The van der Waals surface area contributed by atoms with Crippen molar-refractivity contribution in [1.29, 1.82) is 0 Å². The Hall–Kier alpha value is -0.930. The van der Waals surface area contributed by atoms with Gasteiger partial charge >= 0.3 is 0 Å². The summed E-state index contributed by atoms with van der Waals surface area (Å²) < 4.78 is 15.6. The molecule has 1 aromatic carbocycles. The Morgan fingerprint density at radius 2 is 2.06 bits per heavy atom. The van der Waals surface area contributed by atoms with Crippen LogP contribution < -0.4 is 9.47 Å². The lowest BCUT2D eigenvalue weighted by molar-refractivity contribution is 0.0503. The number of methoxy groups -OCH3 is 2. The van der Waals surface area contributed by atoms with Crippen LogP contribution in [0.1, 0.15) is 24.3 Å². The molecule has 88 valence electrons. The summed E-state index contributed by atoms with van der Waals surface area (Å²) in [6, 6.07) is 3.69. The van der Waals surface area contributed by atoms with Gasteiger partial charge in [-0.15, -0.1) is 0 Å². The fourth-order valence-corrected chi connectivity index (χ4v) is 2.05. The van der Waals surface area contributed by atoms with Gasteiger partial charge in [0.1, 0.15) is 11.5 Å². The lowest BCUT2D eigenvalue weighted by atomic mass is 10.1. The topological polar surface area (TPSA) is 27.7 Å². The van der Waals surface area contributed by atoms with Crippen molar-refractivity contribution in [2.45, 2.75) is 18.8 Å². The first-order valence-electron chi connectivity index (χ1n) is 5.25. The zero-order valence-corrected chi connectivity index (χ0v) is 10.2. The van der Waals surface area contributed by atoms with Crippen molar-refractivity contribution in [1.82, 2.24) is 0 Å². The zero-order chi connectivity index (χ0) is 11.5. The Morgan fingerprint density at radius 1 is 1.31 bits per heavy atom. The molecule has 3 nitrogen and oxygen atoms in total. The van der Waals surface area contributed by atoms with E-state index >= 15 is 0 Å². The van der Waals surface area contributed by atoms with Crippen LogP contribution in [0.3, 0.4) is 0 Å². The number of halogens is 1. The average molecular weight is 243 g/mol. The Kier molecular flexibility index (Phi) is 3.56. The third-order valence-corrected chi connectivity index (χ3v) is 2.93. The fourth-order valence-electron chi connectivity index (χ4n) is 1.70. The number of ether oxygens (including phenoxy) is 3. The lowest BCUT2D eigenvalue weighted by Gasteiger charge is -2.13. The maximum absolute atomic E-state index is 6.23. The first kappa shape index (κ1) is 11.6. The highest BCUT2D eigenvalue weighted by molar-refractivity contribution is 6.31. The largest absolute Gasteiger partial charge is 0.497 e. The predicted molar refractivity (Wildman–Crippen MR) is 62.5 cm³/mol. The van der Waals surface area contributed by atoms with E-state index in [1.807, 2.05) is 12.1 Å². The highest BCUT2D eigenvalue weighted by atomic mass is 35.5. The van der Waals surface area contributed by atoms with Crippen molar-refractivity contribution in [3.05, 3.63) is 22.7 Å². The minimum Gasteiger partial charge on any atom is -0.497 e.